The highest BCUT2D eigenvalue weighted by molar-refractivity contribution is 14.1. The van der Waals surface area contributed by atoms with Crippen LogP contribution in [0.1, 0.15) is 23.4 Å². The van der Waals surface area contributed by atoms with Crippen molar-refractivity contribution in [3.8, 4) is 5.75 Å². The summed E-state index contributed by atoms with van der Waals surface area (Å²) in [5, 5.41) is 2.97. The summed E-state index contributed by atoms with van der Waals surface area (Å²) in [5.74, 6) is 0.786. The van der Waals surface area contributed by atoms with Crippen molar-refractivity contribution in [3.63, 3.8) is 0 Å². The predicted molar refractivity (Wildman–Crippen MR) is 100 cm³/mol. The van der Waals surface area contributed by atoms with E-state index in [4.69, 9.17) is 9.15 Å². The van der Waals surface area contributed by atoms with Crippen LogP contribution in [0.5, 0.6) is 5.75 Å². The third kappa shape index (κ3) is 4.97. The fraction of sp³-hybridized carbons (Fsp3) is 0.333. The number of hydrogen-bond donors (Lipinski definition) is 1. The first kappa shape index (κ1) is 17.8. The minimum Gasteiger partial charge on any atom is -0.484 e. The predicted octanol–water partition coefficient (Wildman–Crippen LogP) is 2.68. The van der Waals surface area contributed by atoms with Gasteiger partial charge in [0.25, 0.3) is 11.8 Å². The van der Waals surface area contributed by atoms with Crippen LogP contribution in [0.4, 0.5) is 0 Å². The van der Waals surface area contributed by atoms with Gasteiger partial charge in [-0.2, -0.15) is 0 Å². The Morgan fingerprint density at radius 2 is 1.92 bits per heavy atom. The molecule has 25 heavy (non-hydrogen) atoms. The van der Waals surface area contributed by atoms with Gasteiger partial charge in [0, 0.05) is 22.7 Å². The Balaban J connectivity index is 1.40. The van der Waals surface area contributed by atoms with Crippen LogP contribution in [-0.2, 0) is 4.79 Å². The number of ether oxygens (including phenoxy) is 1. The van der Waals surface area contributed by atoms with E-state index in [1.165, 1.54) is 6.26 Å². The van der Waals surface area contributed by atoms with E-state index in [2.05, 4.69) is 27.9 Å². The largest absolute Gasteiger partial charge is 0.484 e. The van der Waals surface area contributed by atoms with Gasteiger partial charge in [-0.05, 0) is 71.8 Å². The van der Waals surface area contributed by atoms with E-state index in [-0.39, 0.29) is 24.5 Å². The van der Waals surface area contributed by atoms with Crippen LogP contribution in [-0.4, -0.2) is 42.5 Å². The first-order valence-corrected chi connectivity index (χ1v) is 9.20. The summed E-state index contributed by atoms with van der Waals surface area (Å²) in [5.41, 5.74) is 0. The van der Waals surface area contributed by atoms with Gasteiger partial charge in [0.05, 0.1) is 6.26 Å². The fourth-order valence-corrected chi connectivity index (χ4v) is 3.09. The van der Waals surface area contributed by atoms with Gasteiger partial charge in [0.2, 0.25) is 0 Å². The van der Waals surface area contributed by atoms with Crippen LogP contribution in [0.15, 0.2) is 47.1 Å². The molecule has 1 saturated heterocycles. The highest BCUT2D eigenvalue weighted by Crippen LogP contribution is 2.15. The molecule has 0 unspecified atom stereocenters. The maximum atomic E-state index is 12.2. The molecule has 1 aromatic carbocycles. The summed E-state index contributed by atoms with van der Waals surface area (Å²) in [6.07, 6.45) is 2.94. The molecule has 2 aromatic rings. The molecule has 2 amide bonds. The molecule has 1 aromatic heterocycles. The van der Waals surface area contributed by atoms with Crippen molar-refractivity contribution in [2.75, 3.05) is 19.7 Å². The number of rotatable bonds is 5. The van der Waals surface area contributed by atoms with Crippen molar-refractivity contribution < 1.29 is 18.7 Å². The molecule has 6 nitrogen and oxygen atoms in total. The molecule has 0 atom stereocenters. The number of hydrogen-bond acceptors (Lipinski definition) is 4. The number of carbonyl (C=O) groups excluding carboxylic acids is 2. The Labute approximate surface area is 159 Å². The number of halogens is 1. The van der Waals surface area contributed by atoms with Crippen LogP contribution in [0.2, 0.25) is 0 Å². The number of nitrogens with one attached hydrogen (secondary N) is 1. The monoisotopic (exact) mass is 454 g/mol. The molecule has 0 aliphatic carbocycles. The zero-order chi connectivity index (χ0) is 17.6. The van der Waals surface area contributed by atoms with E-state index in [0.717, 1.165) is 16.4 Å². The van der Waals surface area contributed by atoms with Gasteiger partial charge < -0.3 is 19.4 Å². The quantitative estimate of drug-likeness (QED) is 0.706. The second-order valence-corrected chi connectivity index (χ2v) is 7.10. The van der Waals surface area contributed by atoms with Gasteiger partial charge in [0.1, 0.15) is 5.75 Å². The van der Waals surface area contributed by atoms with E-state index in [9.17, 15) is 9.59 Å². The molecular formula is C18H19IN2O4. The van der Waals surface area contributed by atoms with Crippen molar-refractivity contribution >= 4 is 34.4 Å². The third-order valence-corrected chi connectivity index (χ3v) is 4.78. The van der Waals surface area contributed by atoms with Crippen LogP contribution < -0.4 is 10.1 Å². The molecule has 0 spiro atoms. The van der Waals surface area contributed by atoms with Crippen LogP contribution >= 0.6 is 22.6 Å². The zero-order valence-electron chi connectivity index (χ0n) is 13.6. The smallest absolute Gasteiger partial charge is 0.289 e. The average Bonchev–Trinajstić information content (AvgIpc) is 3.16. The number of piperidine rings is 1. The summed E-state index contributed by atoms with van der Waals surface area (Å²) in [4.78, 5) is 26.0. The highest BCUT2D eigenvalue weighted by atomic mass is 127. The Kier molecular flexibility index (Phi) is 5.95. The van der Waals surface area contributed by atoms with Gasteiger partial charge >= 0.3 is 0 Å². The molecule has 7 heteroatoms. The van der Waals surface area contributed by atoms with Gasteiger partial charge in [0.15, 0.2) is 12.4 Å². The van der Waals surface area contributed by atoms with Crippen molar-refractivity contribution in [1.29, 1.82) is 0 Å². The Hall–Kier alpha value is -2.03. The molecule has 1 aliphatic heterocycles. The molecule has 1 aliphatic rings. The molecule has 2 heterocycles. The fourth-order valence-electron chi connectivity index (χ4n) is 2.73. The van der Waals surface area contributed by atoms with Gasteiger partial charge in [-0.1, -0.05) is 0 Å². The Morgan fingerprint density at radius 3 is 2.56 bits per heavy atom. The number of amides is 2. The van der Waals surface area contributed by atoms with E-state index >= 15 is 0 Å². The number of likely N-dealkylation sites (tertiary alicyclic amines) is 1. The molecule has 0 saturated carbocycles. The highest BCUT2D eigenvalue weighted by Gasteiger charge is 2.25. The van der Waals surface area contributed by atoms with Crippen LogP contribution in [0.3, 0.4) is 0 Å². The molecule has 0 radical (unpaired) electrons. The Morgan fingerprint density at radius 1 is 1.20 bits per heavy atom. The normalized spacial score (nSPS) is 15.0. The standard InChI is InChI=1S/C18H19IN2O4/c19-13-3-5-15(6-4-13)25-12-17(22)20-14-7-9-21(10-8-14)18(23)16-2-1-11-24-16/h1-6,11,14H,7-10,12H2,(H,20,22). The topological polar surface area (TPSA) is 71.8 Å². The van der Waals surface area contributed by atoms with E-state index in [1.54, 1.807) is 17.0 Å². The third-order valence-electron chi connectivity index (χ3n) is 4.06. The first-order chi connectivity index (χ1) is 12.1. The van der Waals surface area contributed by atoms with Crippen molar-refractivity contribution in [3.05, 3.63) is 52.0 Å². The van der Waals surface area contributed by atoms with Crippen LogP contribution in [0.25, 0.3) is 0 Å². The van der Waals surface area contributed by atoms with E-state index < -0.39 is 0 Å². The molecule has 0 bridgehead atoms. The second kappa shape index (κ2) is 8.37. The van der Waals surface area contributed by atoms with Crippen LogP contribution in [0, 0.1) is 3.57 Å². The van der Waals surface area contributed by atoms with Crippen molar-refractivity contribution in [1.82, 2.24) is 10.2 Å². The molecule has 3 rings (SSSR count). The summed E-state index contributed by atoms with van der Waals surface area (Å²) >= 11 is 2.22. The SMILES string of the molecule is O=C(COc1ccc(I)cc1)NC1CCN(C(=O)c2ccco2)CC1. The van der Waals surface area contributed by atoms with Gasteiger partial charge in [-0.25, -0.2) is 0 Å². The lowest BCUT2D eigenvalue weighted by Gasteiger charge is -2.31. The summed E-state index contributed by atoms with van der Waals surface area (Å²) in [6, 6.07) is 11.0. The Bertz CT molecular complexity index is 707. The number of benzene rings is 1. The summed E-state index contributed by atoms with van der Waals surface area (Å²) in [7, 11) is 0. The van der Waals surface area contributed by atoms with Crippen molar-refractivity contribution in [2.45, 2.75) is 18.9 Å². The maximum absolute atomic E-state index is 12.2. The van der Waals surface area contributed by atoms with Gasteiger partial charge in [-0.3, -0.25) is 9.59 Å². The van der Waals surface area contributed by atoms with E-state index in [1.807, 2.05) is 24.3 Å². The minimum atomic E-state index is -0.144. The number of carbonyl (C=O) groups is 2. The molecule has 1 N–H and O–H groups in total. The lowest BCUT2D eigenvalue weighted by Crippen LogP contribution is -2.47. The maximum Gasteiger partial charge on any atom is 0.289 e. The van der Waals surface area contributed by atoms with E-state index in [0.29, 0.717) is 24.6 Å². The molecular weight excluding hydrogens is 435 g/mol. The summed E-state index contributed by atoms with van der Waals surface area (Å²) in [6.45, 7) is 1.19. The van der Waals surface area contributed by atoms with Gasteiger partial charge in [-0.15, -0.1) is 0 Å². The second-order valence-electron chi connectivity index (χ2n) is 5.85. The first-order valence-electron chi connectivity index (χ1n) is 8.12. The lowest BCUT2D eigenvalue weighted by atomic mass is 10.0. The molecule has 132 valence electrons. The summed E-state index contributed by atoms with van der Waals surface area (Å²) < 4.78 is 11.7. The van der Waals surface area contributed by atoms with Crippen molar-refractivity contribution in [2.24, 2.45) is 0 Å². The number of nitrogens with zero attached hydrogens (tertiary/aromatic N) is 1. The number of furan rings is 1. The lowest BCUT2D eigenvalue weighted by molar-refractivity contribution is -0.124. The minimum absolute atomic E-state index is 0.00780. The average molecular weight is 454 g/mol. The zero-order valence-corrected chi connectivity index (χ0v) is 15.8. The molecule has 1 fully saturated rings.